The Morgan fingerprint density at radius 1 is 1.28 bits per heavy atom. The van der Waals surface area contributed by atoms with Gasteiger partial charge in [-0.15, -0.1) is 0 Å². The molecule has 1 amide bonds. The zero-order valence-electron chi connectivity index (χ0n) is 11.0. The minimum atomic E-state index is -1.16. The molecule has 0 saturated heterocycles. The van der Waals surface area contributed by atoms with E-state index in [0.717, 1.165) is 22.4 Å². The zero-order chi connectivity index (χ0) is 13.5. The number of carbonyl (C=O) groups is 1. The van der Waals surface area contributed by atoms with E-state index in [9.17, 15) is 10.1 Å². The molecule has 1 aromatic rings. The highest BCUT2D eigenvalue weighted by molar-refractivity contribution is 6.05. The van der Waals surface area contributed by atoms with Crippen LogP contribution < -0.4 is 4.90 Å². The molecule has 1 aliphatic rings. The molecule has 0 saturated carbocycles. The van der Waals surface area contributed by atoms with E-state index in [1.165, 1.54) is 11.8 Å². The Balaban J connectivity index is 2.78. The van der Waals surface area contributed by atoms with Crippen LogP contribution in [0.15, 0.2) is 29.8 Å². The van der Waals surface area contributed by atoms with E-state index in [1.54, 1.807) is 6.92 Å². The molecular formula is C14H17NO3. The first-order chi connectivity index (χ1) is 8.43. The second-order valence-electron chi connectivity index (χ2n) is 4.82. The first-order valence-corrected chi connectivity index (χ1v) is 5.84. The molecule has 1 atom stereocenters. The summed E-state index contributed by atoms with van der Waals surface area (Å²) in [7, 11) is 0. The Kier molecular flexibility index (Phi) is 3.00. The first kappa shape index (κ1) is 12.8. The monoisotopic (exact) mass is 247 g/mol. The van der Waals surface area contributed by atoms with E-state index in [-0.39, 0.29) is 5.91 Å². The fraction of sp³-hybridized carbons (Fsp3) is 0.357. The highest BCUT2D eigenvalue weighted by atomic mass is 17.1. The smallest absolute Gasteiger partial charge is 0.226 e. The molecule has 96 valence electrons. The lowest BCUT2D eigenvalue weighted by Gasteiger charge is -2.32. The van der Waals surface area contributed by atoms with Gasteiger partial charge in [-0.05, 0) is 26.8 Å². The summed E-state index contributed by atoms with van der Waals surface area (Å²) in [5.41, 5.74) is 2.36. The zero-order valence-corrected chi connectivity index (χ0v) is 11.0. The van der Waals surface area contributed by atoms with Gasteiger partial charge in [0.1, 0.15) is 0 Å². The normalized spacial score (nSPS) is 22.1. The Labute approximate surface area is 106 Å². The number of fused-ring (bicyclic) bond motifs is 1. The SMILES string of the molecule is CC(=O)N1c2ccccc2C(=C(C)C)C1(C)OO. The van der Waals surface area contributed by atoms with Gasteiger partial charge in [0.2, 0.25) is 11.6 Å². The third-order valence-corrected chi connectivity index (χ3v) is 3.30. The fourth-order valence-electron chi connectivity index (χ4n) is 2.76. The number of nitrogens with zero attached hydrogens (tertiary/aromatic N) is 1. The highest BCUT2D eigenvalue weighted by Crippen LogP contribution is 2.48. The molecule has 0 radical (unpaired) electrons. The summed E-state index contributed by atoms with van der Waals surface area (Å²) in [4.78, 5) is 18.0. The van der Waals surface area contributed by atoms with E-state index in [0.29, 0.717) is 0 Å². The van der Waals surface area contributed by atoms with Gasteiger partial charge in [-0.1, -0.05) is 23.8 Å². The number of benzene rings is 1. The molecule has 18 heavy (non-hydrogen) atoms. The number of hydrogen-bond donors (Lipinski definition) is 1. The second kappa shape index (κ2) is 4.23. The van der Waals surface area contributed by atoms with Crippen molar-refractivity contribution in [1.82, 2.24) is 0 Å². The van der Waals surface area contributed by atoms with Gasteiger partial charge in [-0.3, -0.25) is 9.69 Å². The molecule has 0 spiro atoms. The van der Waals surface area contributed by atoms with Crippen molar-refractivity contribution >= 4 is 17.2 Å². The van der Waals surface area contributed by atoms with Crippen molar-refractivity contribution < 1.29 is 14.9 Å². The molecule has 0 bridgehead atoms. The molecule has 0 aliphatic carbocycles. The van der Waals surface area contributed by atoms with E-state index in [1.807, 2.05) is 38.1 Å². The number of carbonyl (C=O) groups excluding carboxylic acids is 1. The Hall–Kier alpha value is -1.65. The van der Waals surface area contributed by atoms with Gasteiger partial charge in [0, 0.05) is 18.1 Å². The second-order valence-corrected chi connectivity index (χ2v) is 4.82. The van der Waals surface area contributed by atoms with E-state index in [2.05, 4.69) is 4.89 Å². The van der Waals surface area contributed by atoms with Crippen molar-refractivity contribution in [3.05, 3.63) is 35.4 Å². The Morgan fingerprint density at radius 3 is 2.39 bits per heavy atom. The van der Waals surface area contributed by atoms with Crippen LogP contribution in [0.25, 0.3) is 5.57 Å². The molecule has 4 nitrogen and oxygen atoms in total. The maximum Gasteiger partial charge on any atom is 0.226 e. The third-order valence-electron chi connectivity index (χ3n) is 3.30. The van der Waals surface area contributed by atoms with Crippen molar-refractivity contribution in [2.24, 2.45) is 0 Å². The van der Waals surface area contributed by atoms with Crippen LogP contribution >= 0.6 is 0 Å². The maximum absolute atomic E-state index is 11.9. The molecule has 4 heteroatoms. The van der Waals surface area contributed by atoms with Gasteiger partial charge in [0.15, 0.2) is 0 Å². The number of amides is 1. The summed E-state index contributed by atoms with van der Waals surface area (Å²) in [6.45, 7) is 7.03. The van der Waals surface area contributed by atoms with Gasteiger partial charge < -0.3 is 0 Å². The largest absolute Gasteiger partial charge is 0.276 e. The predicted octanol–water partition coefficient (Wildman–Crippen LogP) is 3.05. The standard InChI is InChI=1S/C14H17NO3/c1-9(2)13-11-7-5-6-8-12(11)15(10(3)16)14(13,4)18-17/h5-8,17H,1-4H3. The molecule has 1 aliphatic heterocycles. The van der Waals surface area contributed by atoms with Gasteiger partial charge in [0.25, 0.3) is 0 Å². The summed E-state index contributed by atoms with van der Waals surface area (Å²) in [5.74, 6) is -0.171. The third kappa shape index (κ3) is 1.57. The minimum Gasteiger partial charge on any atom is -0.276 e. The molecule has 0 fully saturated rings. The number of allylic oxidation sites excluding steroid dienone is 1. The topological polar surface area (TPSA) is 49.8 Å². The van der Waals surface area contributed by atoms with Crippen molar-refractivity contribution in [1.29, 1.82) is 0 Å². The summed E-state index contributed by atoms with van der Waals surface area (Å²) in [6.07, 6.45) is 0. The van der Waals surface area contributed by atoms with E-state index in [4.69, 9.17) is 0 Å². The average Bonchev–Trinajstić information content (AvgIpc) is 2.57. The van der Waals surface area contributed by atoms with E-state index < -0.39 is 5.72 Å². The molecule has 1 heterocycles. The Morgan fingerprint density at radius 2 is 1.89 bits per heavy atom. The van der Waals surface area contributed by atoms with Crippen molar-refractivity contribution in [3.8, 4) is 0 Å². The van der Waals surface area contributed by atoms with Crippen LogP contribution in [0.5, 0.6) is 0 Å². The lowest BCUT2D eigenvalue weighted by Crippen LogP contribution is -2.48. The van der Waals surface area contributed by atoms with Crippen LogP contribution in [0, 0.1) is 0 Å². The summed E-state index contributed by atoms with van der Waals surface area (Å²) in [6, 6.07) is 7.55. The fourth-order valence-corrected chi connectivity index (χ4v) is 2.76. The summed E-state index contributed by atoms with van der Waals surface area (Å²) < 4.78 is 0. The van der Waals surface area contributed by atoms with Gasteiger partial charge in [0.05, 0.1) is 5.69 Å². The first-order valence-electron chi connectivity index (χ1n) is 5.84. The predicted molar refractivity (Wildman–Crippen MR) is 70.0 cm³/mol. The number of para-hydroxylation sites is 1. The minimum absolute atomic E-state index is 0.171. The van der Waals surface area contributed by atoms with Crippen molar-refractivity contribution in [2.75, 3.05) is 4.90 Å². The number of rotatable bonds is 1. The van der Waals surface area contributed by atoms with E-state index >= 15 is 0 Å². The van der Waals surface area contributed by atoms with Gasteiger partial charge in [-0.2, -0.15) is 0 Å². The van der Waals surface area contributed by atoms with Gasteiger partial charge >= 0.3 is 0 Å². The quantitative estimate of drug-likeness (QED) is 0.613. The average molecular weight is 247 g/mol. The van der Waals surface area contributed by atoms with Crippen LogP contribution in [-0.4, -0.2) is 16.9 Å². The molecule has 1 unspecified atom stereocenters. The Bertz CT molecular complexity index is 532. The number of hydrogen-bond acceptors (Lipinski definition) is 3. The van der Waals surface area contributed by atoms with Crippen LogP contribution in [0.4, 0.5) is 5.69 Å². The molecule has 1 aromatic carbocycles. The van der Waals surface area contributed by atoms with Crippen molar-refractivity contribution in [2.45, 2.75) is 33.4 Å². The summed E-state index contributed by atoms with van der Waals surface area (Å²) >= 11 is 0. The van der Waals surface area contributed by atoms with Crippen molar-refractivity contribution in [3.63, 3.8) is 0 Å². The van der Waals surface area contributed by atoms with Crippen LogP contribution in [0.3, 0.4) is 0 Å². The van der Waals surface area contributed by atoms with Crippen LogP contribution in [-0.2, 0) is 9.68 Å². The maximum atomic E-state index is 11.9. The molecule has 2 rings (SSSR count). The van der Waals surface area contributed by atoms with Crippen LogP contribution in [0.2, 0.25) is 0 Å². The molecule has 0 aromatic heterocycles. The highest BCUT2D eigenvalue weighted by Gasteiger charge is 2.48. The lowest BCUT2D eigenvalue weighted by molar-refractivity contribution is -0.296. The van der Waals surface area contributed by atoms with Crippen LogP contribution in [0.1, 0.15) is 33.3 Å². The molecule has 1 N–H and O–H groups in total. The van der Waals surface area contributed by atoms with Gasteiger partial charge in [-0.25, -0.2) is 10.1 Å². The molecular weight excluding hydrogens is 230 g/mol. The lowest BCUT2D eigenvalue weighted by atomic mass is 9.96. The summed E-state index contributed by atoms with van der Waals surface area (Å²) in [5, 5.41) is 9.31. The number of anilines is 1.